The van der Waals surface area contributed by atoms with Crippen LogP contribution in [0.3, 0.4) is 0 Å². The fraction of sp³-hybridized carbons (Fsp3) is 0.400. The zero-order valence-electron chi connectivity index (χ0n) is 9.37. The van der Waals surface area contributed by atoms with E-state index >= 15 is 0 Å². The predicted molar refractivity (Wildman–Crippen MR) is 64.7 cm³/mol. The second-order valence-corrected chi connectivity index (χ2v) is 4.79. The Labute approximate surface area is 103 Å². The third-order valence-corrected chi connectivity index (χ3v) is 3.37. The predicted octanol–water partition coefficient (Wildman–Crippen LogP) is 1.41. The van der Waals surface area contributed by atoms with Crippen molar-refractivity contribution < 1.29 is 4.92 Å². The second-order valence-electron chi connectivity index (χ2n) is 3.67. The number of hydrogen-bond acceptors (Lipinski definition) is 6. The van der Waals surface area contributed by atoms with E-state index in [4.69, 9.17) is 0 Å². The molecule has 6 nitrogen and oxygen atoms in total. The van der Waals surface area contributed by atoms with Gasteiger partial charge in [0.2, 0.25) is 0 Å². The van der Waals surface area contributed by atoms with Crippen LogP contribution in [-0.2, 0) is 6.54 Å². The first-order valence-corrected chi connectivity index (χ1v) is 6.14. The monoisotopic (exact) mass is 252 g/mol. The molecule has 1 fully saturated rings. The van der Waals surface area contributed by atoms with E-state index in [1.165, 1.54) is 11.8 Å². The number of rotatable bonds is 3. The third-order valence-electron chi connectivity index (χ3n) is 2.33. The van der Waals surface area contributed by atoms with Crippen LogP contribution in [-0.4, -0.2) is 32.1 Å². The maximum absolute atomic E-state index is 10.5. The Morgan fingerprint density at radius 2 is 2.41 bits per heavy atom. The van der Waals surface area contributed by atoms with Crippen LogP contribution in [0.5, 0.6) is 0 Å². The van der Waals surface area contributed by atoms with Crippen LogP contribution in [0.25, 0.3) is 0 Å². The summed E-state index contributed by atoms with van der Waals surface area (Å²) in [5, 5.41) is 11.2. The summed E-state index contributed by atoms with van der Waals surface area (Å²) in [6, 6.07) is 0. The van der Waals surface area contributed by atoms with Gasteiger partial charge in [-0.05, 0) is 6.92 Å². The molecule has 7 heteroatoms. The standard InChI is InChI=1S/C10H12N4O2S/c1-8-4-12-9(5-11-8)6-13-2-3-17-10(13)7-14(15)16/h4-5,7H,2-3,6H2,1H3. The van der Waals surface area contributed by atoms with Crippen molar-refractivity contribution in [2.75, 3.05) is 12.3 Å². The Morgan fingerprint density at radius 3 is 3.06 bits per heavy atom. The van der Waals surface area contributed by atoms with E-state index in [-0.39, 0.29) is 0 Å². The van der Waals surface area contributed by atoms with E-state index in [0.29, 0.717) is 11.6 Å². The lowest BCUT2D eigenvalue weighted by Gasteiger charge is -2.16. The summed E-state index contributed by atoms with van der Waals surface area (Å²) in [6.45, 7) is 3.25. The summed E-state index contributed by atoms with van der Waals surface area (Å²) >= 11 is 1.50. The number of aromatic nitrogens is 2. The molecule has 0 saturated carbocycles. The number of thioether (sulfide) groups is 1. The highest BCUT2D eigenvalue weighted by Gasteiger charge is 2.21. The Kier molecular flexibility index (Phi) is 3.58. The van der Waals surface area contributed by atoms with E-state index in [9.17, 15) is 10.1 Å². The second kappa shape index (κ2) is 5.13. The van der Waals surface area contributed by atoms with Gasteiger partial charge in [-0.1, -0.05) is 0 Å². The normalized spacial score (nSPS) is 17.7. The molecule has 1 aromatic rings. The third kappa shape index (κ3) is 3.16. The first kappa shape index (κ1) is 11.8. The number of hydrogen-bond donors (Lipinski definition) is 0. The van der Waals surface area contributed by atoms with Gasteiger partial charge in [-0.3, -0.25) is 20.1 Å². The maximum Gasteiger partial charge on any atom is 0.264 e. The molecular formula is C10H12N4O2S. The lowest BCUT2D eigenvalue weighted by molar-refractivity contribution is -0.403. The highest BCUT2D eigenvalue weighted by molar-refractivity contribution is 8.03. The molecule has 0 amide bonds. The van der Waals surface area contributed by atoms with Gasteiger partial charge in [-0.2, -0.15) is 0 Å². The topological polar surface area (TPSA) is 72.2 Å². The minimum Gasteiger partial charge on any atom is -0.355 e. The minimum atomic E-state index is -0.415. The molecule has 0 unspecified atom stereocenters. The van der Waals surface area contributed by atoms with Crippen LogP contribution in [0.4, 0.5) is 0 Å². The molecule has 90 valence electrons. The first-order chi connectivity index (χ1) is 8.15. The molecule has 1 aromatic heterocycles. The van der Waals surface area contributed by atoms with Crippen molar-refractivity contribution in [1.82, 2.24) is 14.9 Å². The Balaban J connectivity index is 2.07. The highest BCUT2D eigenvalue weighted by atomic mass is 32.2. The molecule has 0 aliphatic carbocycles. The zero-order chi connectivity index (χ0) is 12.3. The largest absolute Gasteiger partial charge is 0.355 e. The molecule has 17 heavy (non-hydrogen) atoms. The lowest BCUT2D eigenvalue weighted by atomic mass is 10.4. The zero-order valence-corrected chi connectivity index (χ0v) is 10.2. The van der Waals surface area contributed by atoms with E-state index in [0.717, 1.165) is 29.9 Å². The van der Waals surface area contributed by atoms with Crippen molar-refractivity contribution >= 4 is 11.8 Å². The van der Waals surface area contributed by atoms with Gasteiger partial charge in [0.1, 0.15) is 5.03 Å². The van der Waals surface area contributed by atoms with Crippen LogP contribution in [0, 0.1) is 17.0 Å². The van der Waals surface area contributed by atoms with Gasteiger partial charge in [0.25, 0.3) is 6.20 Å². The molecule has 0 atom stereocenters. The van der Waals surface area contributed by atoms with Gasteiger partial charge in [-0.25, -0.2) is 0 Å². The van der Waals surface area contributed by atoms with E-state index < -0.39 is 4.92 Å². The van der Waals surface area contributed by atoms with Gasteiger partial charge in [0.15, 0.2) is 0 Å². The maximum atomic E-state index is 10.5. The Morgan fingerprint density at radius 1 is 1.59 bits per heavy atom. The molecule has 1 aliphatic heterocycles. The van der Waals surface area contributed by atoms with Crippen molar-refractivity contribution in [3.05, 3.63) is 45.1 Å². The molecule has 0 spiro atoms. The molecular weight excluding hydrogens is 240 g/mol. The van der Waals surface area contributed by atoms with Crippen molar-refractivity contribution in [2.45, 2.75) is 13.5 Å². The first-order valence-electron chi connectivity index (χ1n) is 5.16. The molecule has 2 rings (SSSR count). The fourth-order valence-electron chi connectivity index (χ4n) is 1.52. The molecule has 0 aromatic carbocycles. The Hall–Kier alpha value is -1.63. The van der Waals surface area contributed by atoms with Crippen molar-refractivity contribution in [3.63, 3.8) is 0 Å². The number of aryl methyl sites for hydroxylation is 1. The summed E-state index contributed by atoms with van der Waals surface area (Å²) < 4.78 is 0. The quantitative estimate of drug-likeness (QED) is 0.598. The minimum absolute atomic E-state index is 0.415. The lowest BCUT2D eigenvalue weighted by Crippen LogP contribution is -2.19. The van der Waals surface area contributed by atoms with Crippen LogP contribution in [0.15, 0.2) is 23.6 Å². The van der Waals surface area contributed by atoms with Gasteiger partial charge in [0, 0.05) is 18.5 Å². The van der Waals surface area contributed by atoms with Crippen molar-refractivity contribution in [2.24, 2.45) is 0 Å². The molecule has 0 N–H and O–H groups in total. The van der Waals surface area contributed by atoms with Crippen LogP contribution in [0.1, 0.15) is 11.4 Å². The summed E-state index contributed by atoms with van der Waals surface area (Å²) in [5.74, 6) is 0.874. The van der Waals surface area contributed by atoms with E-state index in [2.05, 4.69) is 9.97 Å². The summed E-state index contributed by atoms with van der Waals surface area (Å²) in [6.07, 6.45) is 4.47. The van der Waals surface area contributed by atoms with Gasteiger partial charge >= 0.3 is 0 Å². The average molecular weight is 252 g/mol. The smallest absolute Gasteiger partial charge is 0.264 e. The van der Waals surface area contributed by atoms with Crippen molar-refractivity contribution in [1.29, 1.82) is 0 Å². The molecule has 2 heterocycles. The molecule has 1 aliphatic rings. The van der Waals surface area contributed by atoms with E-state index in [1.54, 1.807) is 12.4 Å². The van der Waals surface area contributed by atoms with Crippen LogP contribution < -0.4 is 0 Å². The molecule has 0 bridgehead atoms. The van der Waals surface area contributed by atoms with Crippen LogP contribution >= 0.6 is 11.8 Å². The summed E-state index contributed by atoms with van der Waals surface area (Å²) in [5.41, 5.74) is 1.69. The molecule has 0 radical (unpaired) electrons. The highest BCUT2D eigenvalue weighted by Crippen LogP contribution is 2.28. The van der Waals surface area contributed by atoms with Gasteiger partial charge < -0.3 is 4.90 Å². The average Bonchev–Trinajstić information content (AvgIpc) is 2.68. The Bertz CT molecular complexity index is 446. The fourth-order valence-corrected chi connectivity index (χ4v) is 2.54. The van der Waals surface area contributed by atoms with Gasteiger partial charge in [0.05, 0.1) is 29.1 Å². The molecule has 1 saturated heterocycles. The van der Waals surface area contributed by atoms with Gasteiger partial charge in [-0.15, -0.1) is 11.8 Å². The van der Waals surface area contributed by atoms with E-state index in [1.807, 2.05) is 11.8 Å². The summed E-state index contributed by atoms with van der Waals surface area (Å²) in [7, 11) is 0. The van der Waals surface area contributed by atoms with Crippen LogP contribution in [0.2, 0.25) is 0 Å². The van der Waals surface area contributed by atoms with Crippen molar-refractivity contribution in [3.8, 4) is 0 Å². The number of nitro groups is 1. The SMILES string of the molecule is Cc1cnc(CN2CCSC2=C[N+](=O)[O-])cn1. The number of nitrogens with zero attached hydrogens (tertiary/aromatic N) is 4. The summed E-state index contributed by atoms with van der Waals surface area (Å²) in [4.78, 5) is 20.4.